The lowest BCUT2D eigenvalue weighted by molar-refractivity contribution is 0.102. The highest BCUT2D eigenvalue weighted by Gasteiger charge is 2.16. The lowest BCUT2D eigenvalue weighted by atomic mass is 10.1. The van der Waals surface area contributed by atoms with Gasteiger partial charge in [-0.3, -0.25) is 10.1 Å². The van der Waals surface area contributed by atoms with Gasteiger partial charge in [0.2, 0.25) is 5.13 Å². The molecule has 0 saturated heterocycles. The van der Waals surface area contributed by atoms with Gasteiger partial charge in [0.25, 0.3) is 5.91 Å². The first kappa shape index (κ1) is 17.6. The molecule has 1 aromatic carbocycles. The number of nitrogens with zero attached hydrogens (tertiary/aromatic N) is 2. The number of amides is 1. The largest absolute Gasteiger partial charge is 0.296 e. The first-order valence-electron chi connectivity index (χ1n) is 7.25. The monoisotopic (exact) mass is 353 g/mol. The predicted octanol–water partition coefficient (Wildman–Crippen LogP) is 2.84. The second kappa shape index (κ2) is 7.18. The number of hydrogen-bond donors (Lipinski definition) is 1. The summed E-state index contributed by atoms with van der Waals surface area (Å²) in [5.74, 6) is -0.383. The molecule has 1 heterocycles. The van der Waals surface area contributed by atoms with Gasteiger partial charge in [0.15, 0.2) is 9.84 Å². The van der Waals surface area contributed by atoms with E-state index in [1.54, 1.807) is 13.0 Å². The van der Waals surface area contributed by atoms with Crippen LogP contribution in [0, 0.1) is 6.92 Å². The van der Waals surface area contributed by atoms with Gasteiger partial charge in [-0.15, -0.1) is 10.2 Å². The van der Waals surface area contributed by atoms with E-state index in [1.807, 2.05) is 0 Å². The van der Waals surface area contributed by atoms with E-state index in [4.69, 9.17) is 0 Å². The number of aryl methyl sites for hydroxylation is 2. The smallest absolute Gasteiger partial charge is 0.257 e. The average Bonchev–Trinajstić information content (AvgIpc) is 2.91. The van der Waals surface area contributed by atoms with Crippen LogP contribution in [0.4, 0.5) is 5.13 Å². The Balaban J connectivity index is 2.19. The summed E-state index contributed by atoms with van der Waals surface area (Å²) in [5.41, 5.74) is 1.02. The first-order chi connectivity index (χ1) is 10.8. The summed E-state index contributed by atoms with van der Waals surface area (Å²) in [6.07, 6.45) is 4.05. The quantitative estimate of drug-likeness (QED) is 0.862. The van der Waals surface area contributed by atoms with Crippen molar-refractivity contribution < 1.29 is 13.2 Å². The van der Waals surface area contributed by atoms with E-state index in [2.05, 4.69) is 22.4 Å². The van der Waals surface area contributed by atoms with Gasteiger partial charge in [-0.05, 0) is 31.0 Å². The molecule has 2 aromatic rings. The molecule has 0 aliphatic carbocycles. The van der Waals surface area contributed by atoms with Crippen molar-refractivity contribution in [3.63, 3.8) is 0 Å². The predicted molar refractivity (Wildman–Crippen MR) is 90.8 cm³/mol. The topological polar surface area (TPSA) is 89.0 Å². The number of aromatic nitrogens is 2. The molecule has 0 atom stereocenters. The van der Waals surface area contributed by atoms with E-state index in [9.17, 15) is 13.2 Å². The van der Waals surface area contributed by atoms with Crippen molar-refractivity contribution in [2.45, 2.75) is 38.0 Å². The van der Waals surface area contributed by atoms with Crippen LogP contribution < -0.4 is 5.32 Å². The van der Waals surface area contributed by atoms with E-state index < -0.39 is 9.84 Å². The minimum atomic E-state index is -3.36. The van der Waals surface area contributed by atoms with Crippen molar-refractivity contribution in [3.8, 4) is 0 Å². The number of anilines is 1. The van der Waals surface area contributed by atoms with Crippen LogP contribution in [-0.4, -0.2) is 30.8 Å². The van der Waals surface area contributed by atoms with Crippen molar-refractivity contribution in [3.05, 3.63) is 34.3 Å². The molecule has 0 radical (unpaired) electrons. The Kier molecular flexibility index (Phi) is 5.48. The summed E-state index contributed by atoms with van der Waals surface area (Å²) < 4.78 is 23.3. The number of sulfone groups is 1. The summed E-state index contributed by atoms with van der Waals surface area (Å²) in [6.45, 7) is 3.86. The second-order valence-corrected chi connectivity index (χ2v) is 8.39. The average molecular weight is 353 g/mol. The molecule has 1 N–H and O–H groups in total. The molecule has 0 aliphatic heterocycles. The zero-order valence-corrected chi connectivity index (χ0v) is 14.9. The lowest BCUT2D eigenvalue weighted by Gasteiger charge is -2.07. The molecular weight excluding hydrogens is 334 g/mol. The normalized spacial score (nSPS) is 11.4. The zero-order chi connectivity index (χ0) is 17.0. The van der Waals surface area contributed by atoms with Crippen molar-refractivity contribution in [1.29, 1.82) is 0 Å². The standard InChI is InChI=1S/C15H19N3O3S2/c1-4-5-6-13-17-18-15(22-13)16-14(19)12-9-11(23(3,20)21)8-7-10(12)2/h7-9H,4-6H2,1-3H3,(H,16,18,19). The molecule has 8 heteroatoms. The van der Waals surface area contributed by atoms with Crippen molar-refractivity contribution in [2.75, 3.05) is 11.6 Å². The Morgan fingerprint density at radius 2 is 2.04 bits per heavy atom. The second-order valence-electron chi connectivity index (χ2n) is 5.31. The van der Waals surface area contributed by atoms with Gasteiger partial charge in [0, 0.05) is 18.2 Å². The molecular formula is C15H19N3O3S2. The van der Waals surface area contributed by atoms with Crippen LogP contribution in [0.25, 0.3) is 0 Å². The van der Waals surface area contributed by atoms with Crippen molar-refractivity contribution in [1.82, 2.24) is 10.2 Å². The van der Waals surface area contributed by atoms with Gasteiger partial charge in [0.1, 0.15) is 5.01 Å². The van der Waals surface area contributed by atoms with Crippen LogP contribution in [0.15, 0.2) is 23.1 Å². The van der Waals surface area contributed by atoms with E-state index in [0.29, 0.717) is 16.3 Å². The summed E-state index contributed by atoms with van der Waals surface area (Å²) in [6, 6.07) is 4.51. The third-order valence-electron chi connectivity index (χ3n) is 3.31. The highest BCUT2D eigenvalue weighted by molar-refractivity contribution is 7.90. The van der Waals surface area contributed by atoms with Crippen LogP contribution in [0.1, 0.15) is 40.7 Å². The molecule has 2 rings (SSSR count). The van der Waals surface area contributed by atoms with Crippen LogP contribution in [-0.2, 0) is 16.3 Å². The van der Waals surface area contributed by atoms with Crippen LogP contribution in [0.3, 0.4) is 0 Å². The molecule has 6 nitrogen and oxygen atoms in total. The molecule has 124 valence electrons. The van der Waals surface area contributed by atoms with E-state index >= 15 is 0 Å². The van der Waals surface area contributed by atoms with Gasteiger partial charge in [-0.25, -0.2) is 8.42 Å². The Hall–Kier alpha value is -1.80. The Bertz CT molecular complexity index is 813. The highest BCUT2D eigenvalue weighted by atomic mass is 32.2. The van der Waals surface area contributed by atoms with Crippen LogP contribution in [0.2, 0.25) is 0 Å². The van der Waals surface area contributed by atoms with Gasteiger partial charge < -0.3 is 0 Å². The maximum Gasteiger partial charge on any atom is 0.257 e. The summed E-state index contributed by atoms with van der Waals surface area (Å²) in [7, 11) is -3.36. The Labute approximate surface area is 139 Å². The summed E-state index contributed by atoms with van der Waals surface area (Å²) in [4.78, 5) is 12.5. The third kappa shape index (κ3) is 4.59. The fourth-order valence-corrected chi connectivity index (χ4v) is 3.40. The maximum atomic E-state index is 12.4. The summed E-state index contributed by atoms with van der Waals surface area (Å²) >= 11 is 1.34. The van der Waals surface area contributed by atoms with Crippen molar-refractivity contribution in [2.24, 2.45) is 0 Å². The number of carbonyl (C=O) groups excluding carboxylic acids is 1. The van der Waals surface area contributed by atoms with Gasteiger partial charge in [-0.1, -0.05) is 30.7 Å². The number of hydrogen-bond acceptors (Lipinski definition) is 6. The van der Waals surface area contributed by atoms with E-state index in [1.165, 1.54) is 23.5 Å². The fraction of sp³-hybridized carbons (Fsp3) is 0.400. The maximum absolute atomic E-state index is 12.4. The molecule has 0 fully saturated rings. The Morgan fingerprint density at radius 1 is 1.30 bits per heavy atom. The first-order valence-corrected chi connectivity index (χ1v) is 9.96. The number of rotatable bonds is 6. The minimum Gasteiger partial charge on any atom is -0.296 e. The lowest BCUT2D eigenvalue weighted by Crippen LogP contribution is -2.14. The molecule has 1 aromatic heterocycles. The number of unbranched alkanes of at least 4 members (excludes halogenated alkanes) is 1. The van der Waals surface area contributed by atoms with E-state index in [-0.39, 0.29) is 10.8 Å². The molecule has 0 saturated carbocycles. The number of benzene rings is 1. The number of carbonyl (C=O) groups is 1. The van der Waals surface area contributed by atoms with Crippen molar-refractivity contribution >= 4 is 32.2 Å². The molecule has 0 aliphatic rings. The SMILES string of the molecule is CCCCc1nnc(NC(=O)c2cc(S(C)(=O)=O)ccc2C)s1. The zero-order valence-electron chi connectivity index (χ0n) is 13.3. The highest BCUT2D eigenvalue weighted by Crippen LogP contribution is 2.20. The third-order valence-corrected chi connectivity index (χ3v) is 5.32. The van der Waals surface area contributed by atoms with Gasteiger partial charge in [-0.2, -0.15) is 0 Å². The van der Waals surface area contributed by atoms with Gasteiger partial charge in [0.05, 0.1) is 4.90 Å². The fourth-order valence-electron chi connectivity index (χ4n) is 1.97. The molecule has 23 heavy (non-hydrogen) atoms. The van der Waals surface area contributed by atoms with Crippen LogP contribution >= 0.6 is 11.3 Å². The van der Waals surface area contributed by atoms with Crippen LogP contribution in [0.5, 0.6) is 0 Å². The van der Waals surface area contributed by atoms with E-state index in [0.717, 1.165) is 30.5 Å². The summed E-state index contributed by atoms with van der Waals surface area (Å²) in [5, 5.41) is 12.0. The molecule has 0 bridgehead atoms. The Morgan fingerprint density at radius 3 is 2.70 bits per heavy atom. The minimum absolute atomic E-state index is 0.120. The molecule has 0 unspecified atom stereocenters. The molecule has 1 amide bonds. The number of nitrogens with one attached hydrogen (secondary N) is 1. The molecule has 0 spiro atoms. The van der Waals surface area contributed by atoms with Gasteiger partial charge >= 0.3 is 0 Å².